The van der Waals surface area contributed by atoms with Crippen molar-refractivity contribution in [1.82, 2.24) is 9.21 Å². The highest BCUT2D eigenvalue weighted by atomic mass is 32.2. The summed E-state index contributed by atoms with van der Waals surface area (Å²) in [4.78, 5) is 2.36. The first-order valence-electron chi connectivity index (χ1n) is 7.50. The van der Waals surface area contributed by atoms with Crippen molar-refractivity contribution in [3.05, 3.63) is 48.6 Å². The van der Waals surface area contributed by atoms with Crippen molar-refractivity contribution in [3.8, 4) is 0 Å². The summed E-state index contributed by atoms with van der Waals surface area (Å²) in [5.41, 5.74) is 0.863. The molecule has 0 aromatic heterocycles. The number of hydrogen-bond acceptors (Lipinski definition) is 3. The third kappa shape index (κ3) is 2.91. The minimum atomic E-state index is -3.22. The van der Waals surface area contributed by atoms with Crippen LogP contribution in [0.2, 0.25) is 0 Å². The summed E-state index contributed by atoms with van der Waals surface area (Å²) in [5.74, 6) is 0.110. The fraction of sp³-hybridized carbons (Fsp3) is 0.500. The standard InChI is InChI=1S/C16H22N2O2S/c1-2-10-17-11-8-16-15(17)9-12-18(16)21(19,20)13-14-6-4-3-5-7-14/h2-7,15-16H,1,8-13H2/t15-,16-/m0/s1. The molecule has 21 heavy (non-hydrogen) atoms. The average molecular weight is 306 g/mol. The molecular weight excluding hydrogens is 284 g/mol. The molecule has 0 aliphatic carbocycles. The predicted molar refractivity (Wildman–Crippen MR) is 84.4 cm³/mol. The van der Waals surface area contributed by atoms with E-state index in [0.29, 0.717) is 12.6 Å². The molecule has 2 fully saturated rings. The summed E-state index contributed by atoms with van der Waals surface area (Å²) in [5, 5.41) is 0. The van der Waals surface area contributed by atoms with Crippen LogP contribution in [0.5, 0.6) is 0 Å². The Hall–Kier alpha value is -1.17. The first-order chi connectivity index (χ1) is 10.1. The maximum Gasteiger partial charge on any atom is 0.218 e. The number of benzene rings is 1. The summed E-state index contributed by atoms with van der Waals surface area (Å²) in [6.45, 7) is 6.27. The quantitative estimate of drug-likeness (QED) is 0.780. The van der Waals surface area contributed by atoms with Crippen molar-refractivity contribution in [2.45, 2.75) is 30.7 Å². The van der Waals surface area contributed by atoms with Crippen molar-refractivity contribution < 1.29 is 8.42 Å². The molecule has 2 heterocycles. The van der Waals surface area contributed by atoms with Gasteiger partial charge in [-0.25, -0.2) is 8.42 Å². The lowest BCUT2D eigenvalue weighted by Crippen LogP contribution is -2.40. The number of hydrogen-bond donors (Lipinski definition) is 0. The minimum absolute atomic E-state index is 0.110. The number of nitrogens with zero attached hydrogens (tertiary/aromatic N) is 2. The molecule has 0 bridgehead atoms. The van der Waals surface area contributed by atoms with Gasteiger partial charge in [-0.05, 0) is 18.4 Å². The van der Waals surface area contributed by atoms with Crippen LogP contribution in [-0.2, 0) is 15.8 Å². The number of likely N-dealkylation sites (tertiary alicyclic amines) is 1. The second kappa shape index (κ2) is 5.91. The van der Waals surface area contributed by atoms with Crippen molar-refractivity contribution >= 4 is 10.0 Å². The highest BCUT2D eigenvalue weighted by Gasteiger charge is 2.46. The maximum atomic E-state index is 12.7. The van der Waals surface area contributed by atoms with Gasteiger partial charge in [-0.1, -0.05) is 36.4 Å². The third-order valence-corrected chi connectivity index (χ3v) is 6.42. The second-order valence-electron chi connectivity index (χ2n) is 5.85. The SMILES string of the molecule is C=CCN1CC[C@H]2[C@@H]1CCN2S(=O)(=O)Cc1ccccc1. The molecule has 114 valence electrons. The molecule has 0 spiro atoms. The van der Waals surface area contributed by atoms with E-state index in [1.807, 2.05) is 36.4 Å². The monoisotopic (exact) mass is 306 g/mol. The van der Waals surface area contributed by atoms with Gasteiger partial charge in [0.05, 0.1) is 5.75 Å². The van der Waals surface area contributed by atoms with Gasteiger partial charge in [0.25, 0.3) is 0 Å². The zero-order valence-electron chi connectivity index (χ0n) is 12.2. The highest BCUT2D eigenvalue weighted by molar-refractivity contribution is 7.88. The average Bonchev–Trinajstić information content (AvgIpc) is 3.03. The fourth-order valence-electron chi connectivity index (χ4n) is 3.64. The van der Waals surface area contributed by atoms with E-state index in [4.69, 9.17) is 0 Å². The van der Waals surface area contributed by atoms with Crippen molar-refractivity contribution in [2.75, 3.05) is 19.6 Å². The highest BCUT2D eigenvalue weighted by Crippen LogP contribution is 2.34. The van der Waals surface area contributed by atoms with Crippen molar-refractivity contribution in [3.63, 3.8) is 0 Å². The van der Waals surface area contributed by atoms with Crippen LogP contribution in [0.15, 0.2) is 43.0 Å². The molecule has 2 atom stereocenters. The Morgan fingerprint density at radius 3 is 2.57 bits per heavy atom. The molecule has 2 aliphatic heterocycles. The number of sulfonamides is 1. The van der Waals surface area contributed by atoms with E-state index in [-0.39, 0.29) is 11.8 Å². The van der Waals surface area contributed by atoms with Crippen molar-refractivity contribution in [2.24, 2.45) is 0 Å². The van der Waals surface area contributed by atoms with Gasteiger partial charge in [-0.2, -0.15) is 4.31 Å². The molecule has 3 rings (SSSR count). The van der Waals surface area contributed by atoms with E-state index < -0.39 is 10.0 Å². The molecule has 2 aliphatic rings. The van der Waals surface area contributed by atoms with Gasteiger partial charge in [0.2, 0.25) is 10.0 Å². The van der Waals surface area contributed by atoms with Crippen LogP contribution in [0, 0.1) is 0 Å². The lowest BCUT2D eigenvalue weighted by Gasteiger charge is -2.24. The molecule has 0 saturated carbocycles. The first-order valence-corrected chi connectivity index (χ1v) is 9.11. The molecule has 0 radical (unpaired) electrons. The molecular formula is C16H22N2O2S. The molecule has 1 aromatic rings. The number of fused-ring (bicyclic) bond motifs is 1. The van der Waals surface area contributed by atoms with Crippen LogP contribution in [0.25, 0.3) is 0 Å². The third-order valence-electron chi connectivity index (χ3n) is 4.55. The fourth-order valence-corrected chi connectivity index (χ4v) is 5.46. The topological polar surface area (TPSA) is 40.6 Å². The van der Waals surface area contributed by atoms with E-state index in [2.05, 4.69) is 11.5 Å². The summed E-state index contributed by atoms with van der Waals surface area (Å²) >= 11 is 0. The van der Waals surface area contributed by atoms with Crippen LogP contribution >= 0.6 is 0 Å². The summed E-state index contributed by atoms with van der Waals surface area (Å²) in [7, 11) is -3.22. The van der Waals surface area contributed by atoms with E-state index in [1.165, 1.54) is 0 Å². The van der Waals surface area contributed by atoms with Gasteiger partial charge in [0, 0.05) is 31.7 Å². The van der Waals surface area contributed by atoms with E-state index in [1.54, 1.807) is 4.31 Å². The van der Waals surface area contributed by atoms with E-state index in [0.717, 1.165) is 31.5 Å². The smallest absolute Gasteiger partial charge is 0.218 e. The van der Waals surface area contributed by atoms with Crippen LogP contribution in [0.1, 0.15) is 18.4 Å². The van der Waals surface area contributed by atoms with Gasteiger partial charge >= 0.3 is 0 Å². The van der Waals surface area contributed by atoms with E-state index >= 15 is 0 Å². The van der Waals surface area contributed by atoms with Crippen molar-refractivity contribution in [1.29, 1.82) is 0 Å². The Bertz CT molecular complexity index is 600. The van der Waals surface area contributed by atoms with Crippen LogP contribution in [0.4, 0.5) is 0 Å². The first kappa shape index (κ1) is 14.8. The molecule has 2 saturated heterocycles. The molecule has 0 amide bonds. The van der Waals surface area contributed by atoms with Gasteiger partial charge in [0.1, 0.15) is 0 Å². The molecule has 0 unspecified atom stereocenters. The van der Waals surface area contributed by atoms with Crippen LogP contribution in [-0.4, -0.2) is 49.3 Å². The lowest BCUT2D eigenvalue weighted by molar-refractivity contribution is 0.273. The maximum absolute atomic E-state index is 12.7. The predicted octanol–water partition coefficient (Wildman–Crippen LogP) is 1.85. The van der Waals surface area contributed by atoms with Gasteiger partial charge < -0.3 is 0 Å². The Morgan fingerprint density at radius 2 is 1.86 bits per heavy atom. The second-order valence-corrected chi connectivity index (χ2v) is 7.77. The number of rotatable bonds is 5. The summed E-state index contributed by atoms with van der Waals surface area (Å²) in [6, 6.07) is 9.96. The summed E-state index contributed by atoms with van der Waals surface area (Å²) in [6.07, 6.45) is 3.78. The molecule has 1 aromatic carbocycles. The zero-order chi connectivity index (χ0) is 14.9. The Balaban J connectivity index is 1.74. The lowest BCUT2D eigenvalue weighted by atomic mass is 10.1. The molecule has 5 heteroatoms. The largest absolute Gasteiger partial charge is 0.295 e. The Labute approximate surface area is 127 Å². The van der Waals surface area contributed by atoms with E-state index in [9.17, 15) is 8.42 Å². The molecule has 0 N–H and O–H groups in total. The Kier molecular flexibility index (Phi) is 4.15. The van der Waals surface area contributed by atoms with Gasteiger partial charge in [-0.15, -0.1) is 6.58 Å². The van der Waals surface area contributed by atoms with Crippen LogP contribution in [0.3, 0.4) is 0 Å². The minimum Gasteiger partial charge on any atom is -0.295 e. The summed E-state index contributed by atoms with van der Waals surface area (Å²) < 4.78 is 27.1. The van der Waals surface area contributed by atoms with Gasteiger partial charge in [0.15, 0.2) is 0 Å². The van der Waals surface area contributed by atoms with Gasteiger partial charge in [-0.3, -0.25) is 4.90 Å². The normalized spacial score (nSPS) is 26.9. The van der Waals surface area contributed by atoms with Crippen LogP contribution < -0.4 is 0 Å². The Morgan fingerprint density at radius 1 is 1.14 bits per heavy atom. The molecule has 4 nitrogen and oxygen atoms in total. The zero-order valence-corrected chi connectivity index (χ0v) is 13.0.